The van der Waals surface area contributed by atoms with E-state index in [-0.39, 0.29) is 0 Å². The zero-order valence-corrected chi connectivity index (χ0v) is 8.43. The standard InChI is InChI=1S/C8H8Cl2N2O/c1-12(11-5-13)6-2-3-7(9)8(10)4-6/h2-5H,1H3,(H,11,13). The van der Waals surface area contributed by atoms with Crippen LogP contribution in [0.4, 0.5) is 5.69 Å². The summed E-state index contributed by atoms with van der Waals surface area (Å²) in [6, 6.07) is 5.09. The molecule has 1 amide bonds. The van der Waals surface area contributed by atoms with Gasteiger partial charge < -0.3 is 0 Å². The van der Waals surface area contributed by atoms with Crippen molar-refractivity contribution in [3.63, 3.8) is 0 Å². The number of carbonyl (C=O) groups is 1. The Bertz CT molecular complexity index is 317. The molecule has 1 aromatic rings. The van der Waals surface area contributed by atoms with Gasteiger partial charge in [-0.3, -0.25) is 15.2 Å². The van der Waals surface area contributed by atoms with Gasteiger partial charge in [-0.15, -0.1) is 0 Å². The number of nitrogens with zero attached hydrogens (tertiary/aromatic N) is 1. The second kappa shape index (κ2) is 4.35. The van der Waals surface area contributed by atoms with E-state index in [0.29, 0.717) is 16.5 Å². The lowest BCUT2D eigenvalue weighted by Gasteiger charge is -2.17. The van der Waals surface area contributed by atoms with Crippen LogP contribution in [0.2, 0.25) is 10.0 Å². The Morgan fingerprint density at radius 3 is 2.62 bits per heavy atom. The van der Waals surface area contributed by atoms with Crippen LogP contribution in [0.25, 0.3) is 0 Å². The highest BCUT2D eigenvalue weighted by molar-refractivity contribution is 6.42. The van der Waals surface area contributed by atoms with Gasteiger partial charge in [0.1, 0.15) is 0 Å². The van der Waals surface area contributed by atoms with Gasteiger partial charge in [0.05, 0.1) is 15.7 Å². The molecule has 3 nitrogen and oxygen atoms in total. The summed E-state index contributed by atoms with van der Waals surface area (Å²) in [7, 11) is 1.70. The van der Waals surface area contributed by atoms with Gasteiger partial charge in [0.2, 0.25) is 6.41 Å². The van der Waals surface area contributed by atoms with Crippen molar-refractivity contribution in [1.82, 2.24) is 5.43 Å². The summed E-state index contributed by atoms with van der Waals surface area (Å²) < 4.78 is 0. The maximum atomic E-state index is 10.1. The van der Waals surface area contributed by atoms with Crippen LogP contribution in [0, 0.1) is 0 Å². The highest BCUT2D eigenvalue weighted by Gasteiger charge is 2.02. The molecule has 0 atom stereocenters. The molecule has 70 valence electrons. The third kappa shape index (κ3) is 2.50. The summed E-state index contributed by atoms with van der Waals surface area (Å²) in [6.07, 6.45) is 0.586. The molecule has 0 radical (unpaired) electrons. The number of carbonyl (C=O) groups excluding carboxylic acids is 1. The highest BCUT2D eigenvalue weighted by Crippen LogP contribution is 2.25. The predicted octanol–water partition coefficient (Wildman–Crippen LogP) is 2.09. The minimum absolute atomic E-state index is 0.457. The fourth-order valence-corrected chi connectivity index (χ4v) is 1.14. The molecule has 1 N–H and O–H groups in total. The van der Waals surface area contributed by atoms with Crippen molar-refractivity contribution < 1.29 is 4.79 Å². The largest absolute Gasteiger partial charge is 0.289 e. The summed E-state index contributed by atoms with van der Waals surface area (Å²) in [4.78, 5) is 10.1. The summed E-state index contributed by atoms with van der Waals surface area (Å²) in [6.45, 7) is 0. The molecule has 0 aromatic heterocycles. The quantitative estimate of drug-likeness (QED) is 0.623. The van der Waals surface area contributed by atoms with Crippen LogP contribution in [0.3, 0.4) is 0 Å². The number of anilines is 1. The third-order valence-corrected chi connectivity index (χ3v) is 2.28. The Morgan fingerprint density at radius 2 is 2.08 bits per heavy atom. The first kappa shape index (κ1) is 10.2. The van der Waals surface area contributed by atoms with Gasteiger partial charge in [0.15, 0.2) is 0 Å². The first-order valence-corrected chi connectivity index (χ1v) is 4.29. The number of hydrogen-bond acceptors (Lipinski definition) is 2. The van der Waals surface area contributed by atoms with Crippen LogP contribution in [0.1, 0.15) is 0 Å². The number of hydrazine groups is 1. The zero-order chi connectivity index (χ0) is 9.84. The van der Waals surface area contributed by atoms with Crippen molar-refractivity contribution in [2.75, 3.05) is 12.1 Å². The first-order valence-electron chi connectivity index (χ1n) is 3.53. The van der Waals surface area contributed by atoms with Crippen molar-refractivity contribution in [3.8, 4) is 0 Å². The summed E-state index contributed by atoms with van der Waals surface area (Å²) in [5, 5.41) is 2.48. The fraction of sp³-hybridized carbons (Fsp3) is 0.125. The van der Waals surface area contributed by atoms with Crippen molar-refractivity contribution in [3.05, 3.63) is 28.2 Å². The van der Waals surface area contributed by atoms with Crippen LogP contribution < -0.4 is 10.4 Å². The molecule has 1 rings (SSSR count). The van der Waals surface area contributed by atoms with E-state index in [9.17, 15) is 4.79 Å². The second-order valence-corrected chi connectivity index (χ2v) is 3.22. The molecule has 0 aliphatic carbocycles. The lowest BCUT2D eigenvalue weighted by Crippen LogP contribution is -2.32. The number of rotatable bonds is 3. The number of amides is 1. The zero-order valence-electron chi connectivity index (χ0n) is 6.92. The molecule has 13 heavy (non-hydrogen) atoms. The molecule has 0 fully saturated rings. The number of benzene rings is 1. The van der Waals surface area contributed by atoms with E-state index in [1.54, 1.807) is 25.2 Å². The minimum atomic E-state index is 0.457. The normalized spacial score (nSPS) is 9.46. The minimum Gasteiger partial charge on any atom is -0.289 e. The summed E-state index contributed by atoms with van der Waals surface area (Å²) in [5.74, 6) is 0. The van der Waals surface area contributed by atoms with Crippen molar-refractivity contribution in [1.29, 1.82) is 0 Å². The average molecular weight is 219 g/mol. The average Bonchev–Trinajstić information content (AvgIpc) is 2.10. The van der Waals surface area contributed by atoms with Gasteiger partial charge in [-0.2, -0.15) is 0 Å². The van der Waals surface area contributed by atoms with E-state index >= 15 is 0 Å². The van der Waals surface area contributed by atoms with E-state index in [0.717, 1.165) is 5.69 Å². The third-order valence-electron chi connectivity index (χ3n) is 1.54. The van der Waals surface area contributed by atoms with Crippen molar-refractivity contribution in [2.24, 2.45) is 0 Å². The fourth-order valence-electron chi connectivity index (χ4n) is 0.847. The lowest BCUT2D eigenvalue weighted by atomic mass is 10.3. The Kier molecular flexibility index (Phi) is 3.39. The van der Waals surface area contributed by atoms with E-state index in [4.69, 9.17) is 23.2 Å². The molecule has 0 saturated carbocycles. The maximum Gasteiger partial charge on any atom is 0.225 e. The SMILES string of the molecule is CN(NC=O)c1ccc(Cl)c(Cl)c1. The molecule has 0 spiro atoms. The van der Waals surface area contributed by atoms with Crippen LogP contribution in [-0.2, 0) is 4.79 Å². The lowest BCUT2D eigenvalue weighted by molar-refractivity contribution is -0.109. The highest BCUT2D eigenvalue weighted by atomic mass is 35.5. The number of nitrogens with one attached hydrogen (secondary N) is 1. The topological polar surface area (TPSA) is 32.3 Å². The summed E-state index contributed by atoms with van der Waals surface area (Å²) >= 11 is 11.5. The van der Waals surface area contributed by atoms with E-state index in [1.807, 2.05) is 0 Å². The molecule has 0 bridgehead atoms. The van der Waals surface area contributed by atoms with Gasteiger partial charge in [-0.05, 0) is 18.2 Å². The Labute approximate surface area is 86.2 Å². The van der Waals surface area contributed by atoms with Crippen LogP contribution in [0.15, 0.2) is 18.2 Å². The Morgan fingerprint density at radius 1 is 1.38 bits per heavy atom. The van der Waals surface area contributed by atoms with Crippen LogP contribution >= 0.6 is 23.2 Å². The first-order chi connectivity index (χ1) is 6.15. The molecule has 0 aliphatic heterocycles. The second-order valence-electron chi connectivity index (χ2n) is 2.40. The Balaban J connectivity index is 2.89. The maximum absolute atomic E-state index is 10.1. The van der Waals surface area contributed by atoms with Crippen LogP contribution in [-0.4, -0.2) is 13.5 Å². The van der Waals surface area contributed by atoms with Gasteiger partial charge >= 0.3 is 0 Å². The molecule has 0 unspecified atom stereocenters. The smallest absolute Gasteiger partial charge is 0.225 e. The number of halogens is 2. The van der Waals surface area contributed by atoms with E-state index in [1.165, 1.54) is 5.01 Å². The monoisotopic (exact) mass is 218 g/mol. The molecule has 5 heteroatoms. The van der Waals surface area contributed by atoms with E-state index in [2.05, 4.69) is 5.43 Å². The van der Waals surface area contributed by atoms with Gasteiger partial charge in [-0.1, -0.05) is 23.2 Å². The number of hydrogen-bond donors (Lipinski definition) is 1. The van der Waals surface area contributed by atoms with Crippen molar-refractivity contribution >= 4 is 35.3 Å². The predicted molar refractivity (Wildman–Crippen MR) is 54.1 cm³/mol. The molecular weight excluding hydrogens is 211 g/mol. The van der Waals surface area contributed by atoms with Gasteiger partial charge in [-0.25, -0.2) is 0 Å². The van der Waals surface area contributed by atoms with E-state index < -0.39 is 0 Å². The molecule has 1 aromatic carbocycles. The molecule has 0 aliphatic rings. The van der Waals surface area contributed by atoms with Gasteiger partial charge in [0.25, 0.3) is 0 Å². The molecular formula is C8H8Cl2N2O. The molecule has 0 saturated heterocycles. The Hall–Kier alpha value is -0.930. The molecule has 0 heterocycles. The van der Waals surface area contributed by atoms with Crippen LogP contribution in [0.5, 0.6) is 0 Å². The summed E-state index contributed by atoms with van der Waals surface area (Å²) in [5.41, 5.74) is 3.22. The van der Waals surface area contributed by atoms with Gasteiger partial charge in [0, 0.05) is 7.05 Å². The van der Waals surface area contributed by atoms with Crippen molar-refractivity contribution in [2.45, 2.75) is 0 Å².